The van der Waals surface area contributed by atoms with E-state index in [0.29, 0.717) is 0 Å². The van der Waals surface area contributed by atoms with E-state index >= 15 is 0 Å². The number of fused-ring (bicyclic) bond motifs is 2. The molecule has 5 heteroatoms. The van der Waals surface area contributed by atoms with Crippen molar-refractivity contribution in [3.8, 4) is 0 Å². The number of benzene rings is 1. The van der Waals surface area contributed by atoms with Gasteiger partial charge in [0.25, 0.3) is 0 Å². The Morgan fingerprint density at radius 1 is 1.17 bits per heavy atom. The molecule has 0 saturated heterocycles. The molecule has 2 aliphatic carbocycles. The number of halogens is 1. The molecule has 0 aliphatic heterocycles. The lowest BCUT2D eigenvalue weighted by atomic mass is 9.73. The second-order valence-corrected chi connectivity index (χ2v) is 10.8. The van der Waals surface area contributed by atoms with Crippen LogP contribution < -0.4 is 10.0 Å². The fourth-order valence-electron chi connectivity index (χ4n) is 4.93. The minimum absolute atomic E-state index is 0.494. The van der Waals surface area contributed by atoms with Crippen LogP contribution in [0.4, 0.5) is 0 Å². The third kappa shape index (κ3) is 7.90. The standard InChI is InChI=1S/C13H25N.C11H14ClNOS/c1-9-6-11-5-4-10(2)13(14-3)12(7-9)8-11;1-11(2,8-14)13-15-7-9-5-3-4-6-10(9)12/h9-14H,4-8H2,1-3H3;3-6,8,13H,7H2,1-2H3. The van der Waals surface area contributed by atoms with Crippen LogP contribution >= 0.6 is 23.5 Å². The summed E-state index contributed by atoms with van der Waals surface area (Å²) in [6, 6.07) is 8.49. The molecule has 0 spiro atoms. The second-order valence-electron chi connectivity index (χ2n) is 9.63. The first-order valence-electron chi connectivity index (χ1n) is 11.0. The van der Waals surface area contributed by atoms with Crippen LogP contribution in [0.3, 0.4) is 0 Å². The van der Waals surface area contributed by atoms with Crippen molar-refractivity contribution in [2.75, 3.05) is 7.05 Å². The zero-order valence-corrected chi connectivity index (χ0v) is 20.3. The molecular weight excluding hydrogens is 400 g/mol. The lowest BCUT2D eigenvalue weighted by Crippen LogP contribution is -2.40. The summed E-state index contributed by atoms with van der Waals surface area (Å²) in [5.74, 6) is 4.62. The maximum absolute atomic E-state index is 10.6. The second kappa shape index (κ2) is 11.7. The molecule has 5 atom stereocenters. The molecular formula is C24H39ClN2OS. The molecule has 2 fully saturated rings. The largest absolute Gasteiger partial charge is 0.316 e. The number of nitrogens with one attached hydrogen (secondary N) is 2. The molecule has 5 unspecified atom stereocenters. The molecule has 0 aromatic heterocycles. The highest BCUT2D eigenvalue weighted by atomic mass is 35.5. The third-order valence-corrected chi connectivity index (χ3v) is 7.87. The average molecular weight is 439 g/mol. The van der Waals surface area contributed by atoms with E-state index in [0.717, 1.165) is 52.3 Å². The summed E-state index contributed by atoms with van der Waals surface area (Å²) in [6.07, 6.45) is 8.29. The molecule has 0 heterocycles. The van der Waals surface area contributed by atoms with Crippen molar-refractivity contribution < 1.29 is 4.79 Å². The van der Waals surface area contributed by atoms with Crippen molar-refractivity contribution in [1.82, 2.24) is 10.0 Å². The van der Waals surface area contributed by atoms with Gasteiger partial charge >= 0.3 is 0 Å². The number of rotatable bonds is 6. The molecule has 0 radical (unpaired) electrons. The van der Waals surface area contributed by atoms with E-state index in [4.69, 9.17) is 11.6 Å². The van der Waals surface area contributed by atoms with Gasteiger partial charge in [-0.25, -0.2) is 0 Å². The van der Waals surface area contributed by atoms with Crippen molar-refractivity contribution in [3.63, 3.8) is 0 Å². The van der Waals surface area contributed by atoms with Crippen LogP contribution in [0.25, 0.3) is 0 Å². The molecule has 1 aromatic rings. The van der Waals surface area contributed by atoms with E-state index < -0.39 is 5.54 Å². The molecule has 164 valence electrons. The van der Waals surface area contributed by atoms with Gasteiger partial charge in [0.15, 0.2) is 0 Å². The van der Waals surface area contributed by atoms with Crippen LogP contribution in [-0.4, -0.2) is 24.9 Å². The molecule has 2 saturated carbocycles. The van der Waals surface area contributed by atoms with Crippen molar-refractivity contribution in [2.24, 2.45) is 23.7 Å². The Kier molecular flexibility index (Phi) is 10.0. The first-order valence-corrected chi connectivity index (χ1v) is 12.4. The maximum atomic E-state index is 10.6. The van der Waals surface area contributed by atoms with Gasteiger partial charge in [0, 0.05) is 16.8 Å². The quantitative estimate of drug-likeness (QED) is 0.415. The summed E-state index contributed by atoms with van der Waals surface area (Å²) >= 11 is 7.48. The number of carbonyl (C=O) groups is 1. The van der Waals surface area contributed by atoms with Crippen LogP contribution in [0.15, 0.2) is 24.3 Å². The minimum atomic E-state index is -0.494. The number of aldehydes is 1. The number of hydrogen-bond acceptors (Lipinski definition) is 4. The van der Waals surface area contributed by atoms with Crippen molar-refractivity contribution in [1.29, 1.82) is 0 Å². The zero-order valence-electron chi connectivity index (χ0n) is 18.7. The van der Waals surface area contributed by atoms with Gasteiger partial charge in [-0.05, 0) is 81.9 Å². The van der Waals surface area contributed by atoms with Crippen molar-refractivity contribution in [2.45, 2.75) is 77.1 Å². The van der Waals surface area contributed by atoms with Crippen LogP contribution in [0.5, 0.6) is 0 Å². The predicted molar refractivity (Wildman–Crippen MR) is 127 cm³/mol. The Morgan fingerprint density at radius 3 is 2.55 bits per heavy atom. The van der Waals surface area contributed by atoms with E-state index in [1.807, 2.05) is 38.1 Å². The monoisotopic (exact) mass is 438 g/mol. The van der Waals surface area contributed by atoms with Crippen LogP contribution in [0.1, 0.15) is 65.4 Å². The molecule has 2 N–H and O–H groups in total. The minimum Gasteiger partial charge on any atom is -0.316 e. The highest BCUT2D eigenvalue weighted by Gasteiger charge is 2.36. The predicted octanol–water partition coefficient (Wildman–Crippen LogP) is 6.11. The Balaban J connectivity index is 0.000000207. The van der Waals surface area contributed by atoms with Crippen molar-refractivity contribution >= 4 is 29.8 Å². The number of hydrogen-bond donors (Lipinski definition) is 2. The summed E-state index contributed by atoms with van der Waals surface area (Å²) in [4.78, 5) is 10.6. The molecule has 0 amide bonds. The van der Waals surface area contributed by atoms with Gasteiger partial charge in [0.1, 0.15) is 6.29 Å². The summed E-state index contributed by atoms with van der Waals surface area (Å²) in [6.45, 7) is 8.55. The molecule has 1 aromatic carbocycles. The van der Waals surface area contributed by atoms with Gasteiger partial charge in [-0.3, -0.25) is 4.72 Å². The molecule has 2 bridgehead atoms. The topological polar surface area (TPSA) is 41.1 Å². The Labute approximate surface area is 187 Å². The summed E-state index contributed by atoms with van der Waals surface area (Å²) < 4.78 is 3.07. The number of carbonyl (C=O) groups excluding carboxylic acids is 1. The maximum Gasteiger partial charge on any atom is 0.140 e. The average Bonchev–Trinajstić information content (AvgIpc) is 2.79. The van der Waals surface area contributed by atoms with E-state index in [9.17, 15) is 4.79 Å². The first-order chi connectivity index (χ1) is 13.8. The van der Waals surface area contributed by atoms with Gasteiger partial charge in [0.05, 0.1) is 5.54 Å². The molecule has 3 rings (SSSR count). The summed E-state index contributed by atoms with van der Waals surface area (Å²) in [7, 11) is 2.15. The first kappa shape index (κ1) is 24.7. The van der Waals surface area contributed by atoms with Gasteiger partial charge in [0.2, 0.25) is 0 Å². The van der Waals surface area contributed by atoms with Gasteiger partial charge in [-0.15, -0.1) is 0 Å². The highest BCUT2D eigenvalue weighted by molar-refractivity contribution is 7.96. The Hall–Kier alpha value is -0.550. The Bertz CT molecular complexity index is 637. The van der Waals surface area contributed by atoms with E-state index in [-0.39, 0.29) is 0 Å². The summed E-state index contributed by atoms with van der Waals surface area (Å²) in [5.41, 5.74) is 0.574. The summed E-state index contributed by atoms with van der Waals surface area (Å²) in [5, 5.41) is 4.33. The fourth-order valence-corrected chi connectivity index (χ4v) is 6.12. The van der Waals surface area contributed by atoms with Crippen LogP contribution in [0, 0.1) is 23.7 Å². The van der Waals surface area contributed by atoms with Gasteiger partial charge < -0.3 is 10.1 Å². The van der Waals surface area contributed by atoms with Crippen LogP contribution in [0.2, 0.25) is 5.02 Å². The SMILES string of the molecule is CC(C)(C=O)NSCc1ccccc1Cl.CNC1C(C)CCC2CC(C)CC1C2. The third-order valence-electron chi connectivity index (χ3n) is 6.38. The van der Waals surface area contributed by atoms with E-state index in [2.05, 4.69) is 30.9 Å². The Morgan fingerprint density at radius 2 is 1.90 bits per heavy atom. The van der Waals surface area contributed by atoms with Gasteiger partial charge in [-0.2, -0.15) is 0 Å². The van der Waals surface area contributed by atoms with Crippen LogP contribution in [-0.2, 0) is 10.5 Å². The highest BCUT2D eigenvalue weighted by Crippen LogP contribution is 2.42. The van der Waals surface area contributed by atoms with Gasteiger partial charge in [-0.1, -0.05) is 62.0 Å². The van der Waals surface area contributed by atoms with Crippen molar-refractivity contribution in [3.05, 3.63) is 34.9 Å². The normalized spacial score (nSPS) is 29.4. The lowest BCUT2D eigenvalue weighted by Gasteiger charge is -2.36. The smallest absolute Gasteiger partial charge is 0.140 e. The fraction of sp³-hybridized carbons (Fsp3) is 0.708. The molecule has 29 heavy (non-hydrogen) atoms. The van der Waals surface area contributed by atoms with E-state index in [1.54, 1.807) is 0 Å². The molecule has 3 nitrogen and oxygen atoms in total. The lowest BCUT2D eigenvalue weighted by molar-refractivity contribution is -0.111. The molecule has 2 aliphatic rings. The zero-order chi connectivity index (χ0) is 21.4. The van der Waals surface area contributed by atoms with E-state index in [1.165, 1.54) is 44.1 Å².